The highest BCUT2D eigenvalue weighted by molar-refractivity contribution is 6.37. The summed E-state index contributed by atoms with van der Waals surface area (Å²) in [4.78, 5) is 0. The monoisotopic (exact) mass is 275 g/mol. The Hall–Kier alpha value is -2.44. The fourth-order valence-corrected chi connectivity index (χ4v) is 1.71. The fourth-order valence-electron chi connectivity index (χ4n) is 1.71. The van der Waals surface area contributed by atoms with Crippen molar-refractivity contribution >= 4 is 30.0 Å². The molecule has 20 heavy (non-hydrogen) atoms. The molecule has 0 amide bonds. The lowest BCUT2D eigenvalue weighted by Gasteiger charge is -2.02. The number of halogens is 2. The van der Waals surface area contributed by atoms with Gasteiger partial charge in [0.15, 0.2) is 0 Å². The van der Waals surface area contributed by atoms with Gasteiger partial charge in [0.25, 0.3) is 6.02 Å². The van der Waals surface area contributed by atoms with E-state index in [1.54, 1.807) is 6.92 Å². The number of amidine groups is 1. The van der Waals surface area contributed by atoms with E-state index in [1.165, 1.54) is 0 Å². The summed E-state index contributed by atoms with van der Waals surface area (Å²) in [6.45, 7) is 1.71. The van der Waals surface area contributed by atoms with Gasteiger partial charge >= 0.3 is 7.47 Å². The van der Waals surface area contributed by atoms with Gasteiger partial charge < -0.3 is 10.4 Å². The molecular weight excluding hydrogens is 263 g/mol. The Kier molecular flexibility index (Phi) is 4.29. The smallest absolute Gasteiger partial charge is 0.477 e. The lowest BCUT2D eigenvalue weighted by molar-refractivity contribution is 0.413. The van der Waals surface area contributed by atoms with Crippen molar-refractivity contribution in [1.82, 2.24) is 0 Å². The summed E-state index contributed by atoms with van der Waals surface area (Å²) >= 11 is 0. The summed E-state index contributed by atoms with van der Waals surface area (Å²) in [6, 6.07) is 13.0. The molecule has 7 heteroatoms. The molecule has 2 aromatic rings. The van der Waals surface area contributed by atoms with Gasteiger partial charge in [0, 0.05) is 0 Å². The molecule has 0 aliphatic carbocycles. The van der Waals surface area contributed by atoms with Gasteiger partial charge in [0.1, 0.15) is 0 Å². The molecule has 2 N–H and O–H groups in total. The molecule has 0 heterocycles. The van der Waals surface area contributed by atoms with E-state index in [1.807, 2.05) is 42.5 Å². The second-order valence-electron chi connectivity index (χ2n) is 4.06. The van der Waals surface area contributed by atoms with Crippen LogP contribution in [0.1, 0.15) is 12.5 Å². The molecule has 102 valence electrons. The van der Waals surface area contributed by atoms with Crippen molar-refractivity contribution in [1.29, 1.82) is 0 Å². The molecule has 0 atom stereocenters. The zero-order valence-electron chi connectivity index (χ0n) is 10.8. The van der Waals surface area contributed by atoms with E-state index in [0.717, 1.165) is 16.3 Å². The lowest BCUT2D eigenvalue weighted by atomic mass is 10.0. The molecule has 0 fully saturated rings. The molecule has 0 spiro atoms. The van der Waals surface area contributed by atoms with Crippen molar-refractivity contribution in [2.24, 2.45) is 15.9 Å². The standard InChI is InChI=1S/C13H12BF2N3O/c1-9(18-19-13(17)20-14(15)16)11-7-6-10-4-2-3-5-12(10)8-11/h2-8H,1H3,(H2,17,19)/b18-9+. The number of nitrogens with two attached hydrogens (primary N) is 1. The molecule has 0 aliphatic rings. The third kappa shape index (κ3) is 3.53. The second kappa shape index (κ2) is 6.14. The summed E-state index contributed by atoms with van der Waals surface area (Å²) in [7, 11) is -3.00. The third-order valence-electron chi connectivity index (χ3n) is 2.68. The summed E-state index contributed by atoms with van der Waals surface area (Å²) < 4.78 is 27.6. The van der Waals surface area contributed by atoms with Gasteiger partial charge in [-0.15, -0.1) is 0 Å². The highest BCUT2D eigenvalue weighted by atomic mass is 19.2. The minimum atomic E-state index is -3.00. The molecule has 4 nitrogen and oxygen atoms in total. The Morgan fingerprint density at radius 3 is 2.50 bits per heavy atom. The van der Waals surface area contributed by atoms with E-state index in [9.17, 15) is 8.63 Å². The van der Waals surface area contributed by atoms with E-state index in [-0.39, 0.29) is 0 Å². The van der Waals surface area contributed by atoms with Gasteiger partial charge in [-0.05, 0) is 29.3 Å². The van der Waals surface area contributed by atoms with Crippen LogP contribution in [-0.2, 0) is 4.65 Å². The van der Waals surface area contributed by atoms with Crippen LogP contribution in [-0.4, -0.2) is 19.2 Å². The van der Waals surface area contributed by atoms with Crippen molar-refractivity contribution < 1.29 is 13.3 Å². The summed E-state index contributed by atoms with van der Waals surface area (Å²) in [5, 5.41) is 9.34. The molecule has 0 saturated heterocycles. The Morgan fingerprint density at radius 2 is 1.80 bits per heavy atom. The molecule has 0 aromatic heterocycles. The lowest BCUT2D eigenvalue weighted by Crippen LogP contribution is -2.21. The Balaban J connectivity index is 2.24. The summed E-state index contributed by atoms with van der Waals surface area (Å²) in [5.74, 6) is 0. The SMILES string of the molecule is C/C(=N\N=C(\N)OB(F)F)c1ccc2ccccc2c1. The first-order valence-corrected chi connectivity index (χ1v) is 5.88. The number of fused-ring (bicyclic) bond motifs is 1. The number of rotatable bonds is 3. The molecule has 2 rings (SSSR count). The van der Waals surface area contributed by atoms with E-state index in [0.29, 0.717) is 5.71 Å². The molecular formula is C13H12BF2N3O. The van der Waals surface area contributed by atoms with Gasteiger partial charge in [-0.25, -0.2) is 8.63 Å². The van der Waals surface area contributed by atoms with E-state index < -0.39 is 13.5 Å². The van der Waals surface area contributed by atoms with Crippen LogP contribution in [0.4, 0.5) is 8.63 Å². The van der Waals surface area contributed by atoms with Crippen LogP contribution in [0, 0.1) is 0 Å². The van der Waals surface area contributed by atoms with Crippen LogP contribution >= 0.6 is 0 Å². The first-order valence-electron chi connectivity index (χ1n) is 5.88. The minimum absolute atomic E-state index is 0.552. The van der Waals surface area contributed by atoms with Crippen LogP contribution in [0.2, 0.25) is 0 Å². The zero-order valence-corrected chi connectivity index (χ0v) is 10.8. The highest BCUT2D eigenvalue weighted by Crippen LogP contribution is 2.16. The predicted octanol–water partition coefficient (Wildman–Crippen LogP) is 2.82. The summed E-state index contributed by atoms with van der Waals surface area (Å²) in [6.07, 6.45) is 0. The molecule has 0 radical (unpaired) electrons. The highest BCUT2D eigenvalue weighted by Gasteiger charge is 2.18. The Bertz CT molecular complexity index is 673. The normalized spacial score (nSPS) is 12.6. The van der Waals surface area contributed by atoms with Crippen molar-refractivity contribution in [2.75, 3.05) is 0 Å². The van der Waals surface area contributed by atoms with Gasteiger partial charge in [-0.2, -0.15) is 5.10 Å². The average Bonchev–Trinajstić information content (AvgIpc) is 2.43. The average molecular weight is 275 g/mol. The molecule has 0 saturated carbocycles. The van der Waals surface area contributed by atoms with E-state index >= 15 is 0 Å². The first kappa shape index (κ1) is 14.0. The molecule has 0 bridgehead atoms. The predicted molar refractivity (Wildman–Crippen MR) is 76.8 cm³/mol. The van der Waals surface area contributed by atoms with Crippen LogP contribution in [0.25, 0.3) is 10.8 Å². The zero-order chi connectivity index (χ0) is 14.5. The van der Waals surface area contributed by atoms with Crippen molar-refractivity contribution in [3.8, 4) is 0 Å². The number of nitrogens with zero attached hydrogens (tertiary/aromatic N) is 2. The van der Waals surface area contributed by atoms with Gasteiger partial charge in [-0.1, -0.05) is 41.5 Å². The maximum absolute atomic E-state index is 11.9. The second-order valence-corrected chi connectivity index (χ2v) is 4.06. The first-order chi connectivity index (χ1) is 9.56. The van der Waals surface area contributed by atoms with Crippen LogP contribution < -0.4 is 5.73 Å². The van der Waals surface area contributed by atoms with Gasteiger partial charge in [-0.3, -0.25) is 0 Å². The maximum Gasteiger partial charge on any atom is 0.798 e. The van der Waals surface area contributed by atoms with E-state index in [2.05, 4.69) is 14.9 Å². The number of hydrogen-bond donors (Lipinski definition) is 1. The van der Waals surface area contributed by atoms with Crippen LogP contribution in [0.15, 0.2) is 52.7 Å². The summed E-state index contributed by atoms with van der Waals surface area (Å²) in [5.41, 5.74) is 6.52. The van der Waals surface area contributed by atoms with Gasteiger partial charge in [0.2, 0.25) is 0 Å². The van der Waals surface area contributed by atoms with Crippen molar-refractivity contribution in [3.05, 3.63) is 48.0 Å². The largest absolute Gasteiger partial charge is 0.798 e. The minimum Gasteiger partial charge on any atom is -0.477 e. The molecule has 0 unspecified atom stereocenters. The van der Waals surface area contributed by atoms with Crippen LogP contribution in [0.5, 0.6) is 0 Å². The fraction of sp³-hybridized carbons (Fsp3) is 0.0769. The molecule has 2 aromatic carbocycles. The van der Waals surface area contributed by atoms with Crippen molar-refractivity contribution in [3.63, 3.8) is 0 Å². The quantitative estimate of drug-likeness (QED) is 0.405. The van der Waals surface area contributed by atoms with E-state index in [4.69, 9.17) is 5.73 Å². The maximum atomic E-state index is 11.9. The number of benzene rings is 2. The van der Waals surface area contributed by atoms with Gasteiger partial charge in [0.05, 0.1) is 5.71 Å². The Morgan fingerprint density at radius 1 is 1.10 bits per heavy atom. The third-order valence-corrected chi connectivity index (χ3v) is 2.68. The van der Waals surface area contributed by atoms with Crippen molar-refractivity contribution in [2.45, 2.75) is 6.92 Å². The Labute approximate surface area is 115 Å². The van der Waals surface area contributed by atoms with Crippen LogP contribution in [0.3, 0.4) is 0 Å². The molecule has 0 aliphatic heterocycles. The number of hydrogen-bond acceptors (Lipinski definition) is 3. The topological polar surface area (TPSA) is 60.0 Å².